The minimum atomic E-state index is 0.959. The van der Waals surface area contributed by atoms with Gasteiger partial charge < -0.3 is 9.80 Å². The van der Waals surface area contributed by atoms with Crippen molar-refractivity contribution in [2.75, 3.05) is 36.0 Å². The Labute approximate surface area is 116 Å². The molecule has 100 valence electrons. The zero-order valence-electron chi connectivity index (χ0n) is 11.2. The summed E-state index contributed by atoms with van der Waals surface area (Å²) in [5.41, 5.74) is 0.959. The Morgan fingerprint density at radius 1 is 1.00 bits per heavy atom. The first-order valence-corrected chi connectivity index (χ1v) is 7.27. The van der Waals surface area contributed by atoms with Gasteiger partial charge in [0, 0.05) is 37.3 Å². The van der Waals surface area contributed by atoms with Crippen molar-refractivity contribution in [2.24, 2.45) is 0 Å². The summed E-state index contributed by atoms with van der Waals surface area (Å²) in [5.74, 6) is 0.973. The van der Waals surface area contributed by atoms with Gasteiger partial charge >= 0.3 is 0 Å². The van der Waals surface area contributed by atoms with E-state index in [9.17, 15) is 0 Å². The van der Waals surface area contributed by atoms with Gasteiger partial charge in [0.25, 0.3) is 0 Å². The number of piperazine rings is 1. The predicted molar refractivity (Wildman–Crippen MR) is 78.0 cm³/mol. The van der Waals surface area contributed by atoms with Crippen LogP contribution in [0.15, 0.2) is 18.3 Å². The summed E-state index contributed by atoms with van der Waals surface area (Å²) < 4.78 is 0. The van der Waals surface area contributed by atoms with Gasteiger partial charge in [0.15, 0.2) is 10.9 Å². The summed E-state index contributed by atoms with van der Waals surface area (Å²) in [4.78, 5) is 10.3. The van der Waals surface area contributed by atoms with E-state index >= 15 is 0 Å². The lowest BCUT2D eigenvalue weighted by atomic mass is 10.3. The largest absolute Gasteiger partial charge is 0.352 e. The van der Waals surface area contributed by atoms with Gasteiger partial charge in [0.05, 0.1) is 5.69 Å². The summed E-state index contributed by atoms with van der Waals surface area (Å²) in [5, 5.41) is 9.50. The number of hydrogen-bond donors (Lipinski definition) is 0. The number of thiazole rings is 1. The van der Waals surface area contributed by atoms with Crippen molar-refractivity contribution in [3.63, 3.8) is 0 Å². The van der Waals surface area contributed by atoms with Crippen LogP contribution in [-0.4, -0.2) is 41.4 Å². The first-order chi connectivity index (χ1) is 9.22. The molecular weight excluding hydrogens is 258 g/mol. The van der Waals surface area contributed by atoms with Gasteiger partial charge in [-0.25, -0.2) is 4.98 Å². The van der Waals surface area contributed by atoms with Crippen molar-refractivity contribution in [3.05, 3.63) is 28.9 Å². The maximum Gasteiger partial charge on any atom is 0.185 e. The van der Waals surface area contributed by atoms with Crippen LogP contribution in [0.25, 0.3) is 0 Å². The molecule has 0 spiro atoms. The molecule has 0 unspecified atom stereocenters. The summed E-state index contributed by atoms with van der Waals surface area (Å²) in [6.45, 7) is 7.97. The minimum Gasteiger partial charge on any atom is -0.352 e. The molecule has 0 N–H and O–H groups in total. The minimum absolute atomic E-state index is 0.959. The highest BCUT2D eigenvalue weighted by atomic mass is 32.1. The second kappa shape index (κ2) is 5.13. The van der Waals surface area contributed by atoms with E-state index in [-0.39, 0.29) is 0 Å². The third-order valence-electron chi connectivity index (χ3n) is 3.27. The average Bonchev–Trinajstić information content (AvgIpc) is 2.87. The van der Waals surface area contributed by atoms with E-state index in [0.29, 0.717) is 0 Å². The van der Waals surface area contributed by atoms with E-state index in [1.165, 1.54) is 4.88 Å². The monoisotopic (exact) mass is 275 g/mol. The van der Waals surface area contributed by atoms with Gasteiger partial charge in [0.1, 0.15) is 0 Å². The lowest BCUT2D eigenvalue weighted by Crippen LogP contribution is -2.46. The molecule has 0 aromatic carbocycles. The number of aryl methyl sites for hydroxylation is 2. The Hall–Kier alpha value is -1.69. The standard InChI is InChI=1S/C13H17N5S/c1-10-3-4-12(16-15-10)17-5-7-18(8-6-17)13-14-9-11(2)19-13/h3-4,9H,5-8H2,1-2H3. The first kappa shape index (κ1) is 12.3. The third kappa shape index (κ3) is 2.68. The van der Waals surface area contributed by atoms with E-state index in [1.54, 1.807) is 11.3 Å². The van der Waals surface area contributed by atoms with Crippen LogP contribution < -0.4 is 9.80 Å². The van der Waals surface area contributed by atoms with E-state index < -0.39 is 0 Å². The molecule has 0 saturated carbocycles. The molecule has 6 heteroatoms. The fraction of sp³-hybridized carbons (Fsp3) is 0.462. The molecule has 0 amide bonds. The van der Waals surface area contributed by atoms with Crippen molar-refractivity contribution in [1.82, 2.24) is 15.2 Å². The highest BCUT2D eigenvalue weighted by molar-refractivity contribution is 7.15. The van der Waals surface area contributed by atoms with Crippen molar-refractivity contribution in [2.45, 2.75) is 13.8 Å². The molecule has 1 aliphatic rings. The van der Waals surface area contributed by atoms with Gasteiger partial charge in [-0.15, -0.1) is 16.4 Å². The molecule has 2 aromatic rings. The average molecular weight is 275 g/mol. The van der Waals surface area contributed by atoms with E-state index in [2.05, 4.69) is 31.9 Å². The number of nitrogens with zero attached hydrogens (tertiary/aromatic N) is 5. The molecule has 1 aliphatic heterocycles. The summed E-state index contributed by atoms with van der Waals surface area (Å²) in [7, 11) is 0. The van der Waals surface area contributed by atoms with Crippen molar-refractivity contribution < 1.29 is 0 Å². The van der Waals surface area contributed by atoms with Crippen LogP contribution in [0.3, 0.4) is 0 Å². The van der Waals surface area contributed by atoms with Gasteiger partial charge in [-0.1, -0.05) is 0 Å². The predicted octanol–water partition coefficient (Wildman–Crippen LogP) is 1.88. The topological polar surface area (TPSA) is 45.2 Å². The quantitative estimate of drug-likeness (QED) is 0.837. The Bertz CT molecular complexity index is 542. The number of aromatic nitrogens is 3. The smallest absolute Gasteiger partial charge is 0.185 e. The summed E-state index contributed by atoms with van der Waals surface area (Å²) in [6.07, 6.45) is 1.94. The lowest BCUT2D eigenvalue weighted by molar-refractivity contribution is 0.641. The second-order valence-electron chi connectivity index (χ2n) is 4.76. The molecule has 1 saturated heterocycles. The molecule has 2 aromatic heterocycles. The molecule has 3 rings (SSSR count). The fourth-order valence-electron chi connectivity index (χ4n) is 2.18. The van der Waals surface area contributed by atoms with Crippen LogP contribution in [0.1, 0.15) is 10.6 Å². The summed E-state index contributed by atoms with van der Waals surface area (Å²) in [6, 6.07) is 4.06. The van der Waals surface area contributed by atoms with Crippen molar-refractivity contribution >= 4 is 22.3 Å². The third-order valence-corrected chi connectivity index (χ3v) is 4.24. The lowest BCUT2D eigenvalue weighted by Gasteiger charge is -2.34. The molecule has 3 heterocycles. The van der Waals surface area contributed by atoms with Crippen LogP contribution in [0.2, 0.25) is 0 Å². The van der Waals surface area contributed by atoms with Gasteiger partial charge in [0.2, 0.25) is 0 Å². The Balaban J connectivity index is 1.64. The molecule has 19 heavy (non-hydrogen) atoms. The maximum absolute atomic E-state index is 4.45. The van der Waals surface area contributed by atoms with Gasteiger partial charge in [-0.3, -0.25) is 0 Å². The van der Waals surface area contributed by atoms with Crippen molar-refractivity contribution in [1.29, 1.82) is 0 Å². The SMILES string of the molecule is Cc1ccc(N2CCN(c3ncc(C)s3)CC2)nn1. The van der Waals surface area contributed by atoms with Crippen LogP contribution >= 0.6 is 11.3 Å². The number of hydrogen-bond acceptors (Lipinski definition) is 6. The second-order valence-corrected chi connectivity index (χ2v) is 5.97. The van der Waals surface area contributed by atoms with E-state index in [0.717, 1.165) is 42.8 Å². The van der Waals surface area contributed by atoms with Crippen LogP contribution in [0.5, 0.6) is 0 Å². The Kier molecular flexibility index (Phi) is 3.33. The Morgan fingerprint density at radius 2 is 1.74 bits per heavy atom. The van der Waals surface area contributed by atoms with Crippen LogP contribution in [0, 0.1) is 13.8 Å². The Morgan fingerprint density at radius 3 is 2.32 bits per heavy atom. The molecule has 0 atom stereocenters. The fourth-order valence-corrected chi connectivity index (χ4v) is 2.99. The maximum atomic E-state index is 4.45. The molecule has 0 bridgehead atoms. The van der Waals surface area contributed by atoms with Crippen LogP contribution in [-0.2, 0) is 0 Å². The summed E-state index contributed by atoms with van der Waals surface area (Å²) >= 11 is 1.76. The van der Waals surface area contributed by atoms with Crippen molar-refractivity contribution in [3.8, 4) is 0 Å². The highest BCUT2D eigenvalue weighted by Gasteiger charge is 2.20. The highest BCUT2D eigenvalue weighted by Crippen LogP contribution is 2.23. The number of rotatable bonds is 2. The molecule has 0 aliphatic carbocycles. The van der Waals surface area contributed by atoms with Gasteiger partial charge in [-0.05, 0) is 26.0 Å². The van der Waals surface area contributed by atoms with E-state index in [4.69, 9.17) is 0 Å². The zero-order chi connectivity index (χ0) is 13.2. The van der Waals surface area contributed by atoms with Crippen LogP contribution in [0.4, 0.5) is 10.9 Å². The normalized spacial score (nSPS) is 15.9. The number of anilines is 2. The molecule has 5 nitrogen and oxygen atoms in total. The molecule has 0 radical (unpaired) electrons. The molecule has 1 fully saturated rings. The first-order valence-electron chi connectivity index (χ1n) is 6.45. The van der Waals surface area contributed by atoms with E-state index in [1.807, 2.05) is 25.3 Å². The molecular formula is C13H17N5S. The zero-order valence-corrected chi connectivity index (χ0v) is 12.0. The van der Waals surface area contributed by atoms with Gasteiger partial charge in [-0.2, -0.15) is 5.10 Å².